The van der Waals surface area contributed by atoms with Crippen molar-refractivity contribution < 1.29 is 13.9 Å². The minimum absolute atomic E-state index is 0.0828. The molecule has 0 amide bonds. The molecule has 2 unspecified atom stereocenters. The molecule has 2 aliphatic rings. The van der Waals surface area contributed by atoms with E-state index in [0.29, 0.717) is 6.10 Å². The Hall–Kier alpha value is -0.840. The van der Waals surface area contributed by atoms with Gasteiger partial charge < -0.3 is 13.9 Å². The fraction of sp³-hybridized carbons (Fsp3) is 0.733. The minimum Gasteiger partial charge on any atom is -0.465 e. The van der Waals surface area contributed by atoms with Crippen molar-refractivity contribution in [3.8, 4) is 0 Å². The molecule has 0 N–H and O–H groups in total. The maximum absolute atomic E-state index is 6.26. The summed E-state index contributed by atoms with van der Waals surface area (Å²) in [6.07, 6.45) is 2.37. The van der Waals surface area contributed by atoms with Gasteiger partial charge >= 0.3 is 0 Å². The minimum atomic E-state index is -0.0828. The molecule has 106 valence electrons. The Morgan fingerprint density at radius 2 is 2.32 bits per heavy atom. The molecule has 2 aliphatic heterocycles. The molecular formula is C15H23NO3. The maximum atomic E-state index is 6.26. The first-order chi connectivity index (χ1) is 9.19. The van der Waals surface area contributed by atoms with Gasteiger partial charge in [-0.15, -0.1) is 0 Å². The monoisotopic (exact) mass is 265 g/mol. The van der Waals surface area contributed by atoms with E-state index in [2.05, 4.69) is 17.9 Å². The molecule has 0 saturated carbocycles. The average Bonchev–Trinajstić information content (AvgIpc) is 2.99. The second kappa shape index (κ2) is 5.27. The molecule has 2 atom stereocenters. The molecule has 1 aromatic rings. The molecular weight excluding hydrogens is 242 g/mol. The molecule has 0 bridgehead atoms. The van der Waals surface area contributed by atoms with Gasteiger partial charge in [0.15, 0.2) is 0 Å². The van der Waals surface area contributed by atoms with Crippen LogP contribution in [0, 0.1) is 6.92 Å². The lowest BCUT2D eigenvalue weighted by atomic mass is 9.98. The summed E-state index contributed by atoms with van der Waals surface area (Å²) >= 11 is 0. The van der Waals surface area contributed by atoms with Crippen LogP contribution in [0.1, 0.15) is 31.3 Å². The zero-order chi connectivity index (χ0) is 13.3. The first-order valence-electron chi connectivity index (χ1n) is 7.22. The Labute approximate surface area is 114 Å². The Morgan fingerprint density at radius 3 is 2.95 bits per heavy atom. The van der Waals surface area contributed by atoms with Crippen molar-refractivity contribution in [1.29, 1.82) is 0 Å². The van der Waals surface area contributed by atoms with Crippen LogP contribution in [0.5, 0.6) is 0 Å². The largest absolute Gasteiger partial charge is 0.465 e. The molecule has 4 nitrogen and oxygen atoms in total. The van der Waals surface area contributed by atoms with Crippen LogP contribution in [0.2, 0.25) is 0 Å². The Morgan fingerprint density at radius 1 is 1.42 bits per heavy atom. The van der Waals surface area contributed by atoms with Crippen LogP contribution in [-0.2, 0) is 16.0 Å². The normalized spacial score (nSPS) is 32.2. The lowest BCUT2D eigenvalue weighted by molar-refractivity contribution is -0.157. The van der Waals surface area contributed by atoms with E-state index >= 15 is 0 Å². The molecule has 1 aromatic heterocycles. The Bertz CT molecular complexity index is 423. The molecule has 0 aromatic carbocycles. The van der Waals surface area contributed by atoms with Gasteiger partial charge in [0, 0.05) is 26.1 Å². The van der Waals surface area contributed by atoms with E-state index in [4.69, 9.17) is 13.9 Å². The fourth-order valence-corrected chi connectivity index (χ4v) is 3.12. The topological polar surface area (TPSA) is 34.8 Å². The van der Waals surface area contributed by atoms with Gasteiger partial charge in [0.2, 0.25) is 0 Å². The number of rotatable bonds is 3. The molecule has 0 radical (unpaired) electrons. The Balaban J connectivity index is 1.70. The van der Waals surface area contributed by atoms with Gasteiger partial charge in [-0.3, -0.25) is 4.90 Å². The quantitative estimate of drug-likeness (QED) is 0.840. The zero-order valence-corrected chi connectivity index (χ0v) is 11.9. The number of morpholine rings is 1. The molecule has 19 heavy (non-hydrogen) atoms. The number of furan rings is 1. The van der Waals surface area contributed by atoms with E-state index in [0.717, 1.165) is 57.2 Å². The second-order valence-electron chi connectivity index (χ2n) is 5.82. The maximum Gasteiger partial charge on any atom is 0.118 e. The fourth-order valence-electron chi connectivity index (χ4n) is 3.12. The van der Waals surface area contributed by atoms with Gasteiger partial charge in [0.1, 0.15) is 17.1 Å². The molecule has 4 heteroatoms. The SMILES string of the molecule is CCC1CN(Cc2ccc(C)o2)CC2(CCOC2)O1. The van der Waals surface area contributed by atoms with E-state index in [1.54, 1.807) is 0 Å². The molecule has 3 rings (SSSR count). The van der Waals surface area contributed by atoms with Crippen LogP contribution in [0.4, 0.5) is 0 Å². The first kappa shape index (κ1) is 13.2. The lowest BCUT2D eigenvalue weighted by Gasteiger charge is -2.43. The highest BCUT2D eigenvalue weighted by molar-refractivity contribution is 5.06. The zero-order valence-electron chi connectivity index (χ0n) is 11.9. The molecule has 2 fully saturated rings. The van der Waals surface area contributed by atoms with E-state index in [1.807, 2.05) is 13.0 Å². The van der Waals surface area contributed by atoms with Gasteiger partial charge in [-0.25, -0.2) is 0 Å². The molecule has 2 saturated heterocycles. The van der Waals surface area contributed by atoms with Crippen molar-refractivity contribution in [2.45, 2.75) is 44.9 Å². The van der Waals surface area contributed by atoms with Crippen LogP contribution < -0.4 is 0 Å². The number of nitrogens with zero attached hydrogens (tertiary/aromatic N) is 1. The molecule has 3 heterocycles. The summed E-state index contributed by atoms with van der Waals surface area (Å²) in [5.41, 5.74) is -0.0828. The van der Waals surface area contributed by atoms with Gasteiger partial charge in [0.05, 0.1) is 19.3 Å². The summed E-state index contributed by atoms with van der Waals surface area (Å²) < 4.78 is 17.5. The third-order valence-corrected chi connectivity index (χ3v) is 4.09. The van der Waals surface area contributed by atoms with E-state index in [-0.39, 0.29) is 5.60 Å². The third-order valence-electron chi connectivity index (χ3n) is 4.09. The summed E-state index contributed by atoms with van der Waals surface area (Å²) in [5.74, 6) is 2.03. The summed E-state index contributed by atoms with van der Waals surface area (Å²) in [6, 6.07) is 4.10. The smallest absolute Gasteiger partial charge is 0.118 e. The number of aryl methyl sites for hydroxylation is 1. The van der Waals surface area contributed by atoms with Crippen molar-refractivity contribution >= 4 is 0 Å². The summed E-state index contributed by atoms with van der Waals surface area (Å²) in [7, 11) is 0. The molecule has 1 spiro atoms. The predicted molar refractivity (Wildman–Crippen MR) is 72.1 cm³/mol. The number of ether oxygens (including phenoxy) is 2. The van der Waals surface area contributed by atoms with Crippen molar-refractivity contribution in [3.05, 3.63) is 23.7 Å². The Kier molecular flexibility index (Phi) is 3.65. The standard InChI is InChI=1S/C15H23NO3/c1-3-13-8-16(9-14-5-4-12(2)18-14)10-15(19-13)6-7-17-11-15/h4-5,13H,3,6-11H2,1-2H3. The second-order valence-corrected chi connectivity index (χ2v) is 5.82. The summed E-state index contributed by atoms with van der Waals surface area (Å²) in [6.45, 7) is 8.54. The first-order valence-corrected chi connectivity index (χ1v) is 7.22. The predicted octanol–water partition coefficient (Wildman–Crippen LogP) is 2.36. The van der Waals surface area contributed by atoms with Crippen LogP contribution >= 0.6 is 0 Å². The van der Waals surface area contributed by atoms with Crippen LogP contribution in [0.15, 0.2) is 16.5 Å². The van der Waals surface area contributed by atoms with Gasteiger partial charge in [0.25, 0.3) is 0 Å². The van der Waals surface area contributed by atoms with Crippen LogP contribution in [-0.4, -0.2) is 42.9 Å². The van der Waals surface area contributed by atoms with E-state index in [9.17, 15) is 0 Å². The van der Waals surface area contributed by atoms with Gasteiger partial charge in [-0.05, 0) is 25.5 Å². The number of hydrogen-bond acceptors (Lipinski definition) is 4. The number of hydrogen-bond donors (Lipinski definition) is 0. The van der Waals surface area contributed by atoms with Crippen LogP contribution in [0.3, 0.4) is 0 Å². The van der Waals surface area contributed by atoms with E-state index in [1.165, 1.54) is 0 Å². The van der Waals surface area contributed by atoms with Crippen molar-refractivity contribution in [3.63, 3.8) is 0 Å². The van der Waals surface area contributed by atoms with E-state index < -0.39 is 0 Å². The lowest BCUT2D eigenvalue weighted by Crippen LogP contribution is -2.55. The summed E-state index contributed by atoms with van der Waals surface area (Å²) in [5, 5.41) is 0. The molecule has 0 aliphatic carbocycles. The van der Waals surface area contributed by atoms with Crippen LogP contribution in [0.25, 0.3) is 0 Å². The van der Waals surface area contributed by atoms with Crippen molar-refractivity contribution in [2.24, 2.45) is 0 Å². The highest BCUT2D eigenvalue weighted by Gasteiger charge is 2.43. The van der Waals surface area contributed by atoms with Crippen molar-refractivity contribution in [1.82, 2.24) is 4.90 Å². The highest BCUT2D eigenvalue weighted by atomic mass is 16.6. The van der Waals surface area contributed by atoms with Gasteiger partial charge in [-0.1, -0.05) is 6.92 Å². The average molecular weight is 265 g/mol. The summed E-state index contributed by atoms with van der Waals surface area (Å²) in [4.78, 5) is 2.45. The third kappa shape index (κ3) is 2.86. The van der Waals surface area contributed by atoms with Gasteiger partial charge in [-0.2, -0.15) is 0 Å². The highest BCUT2D eigenvalue weighted by Crippen LogP contribution is 2.31. The van der Waals surface area contributed by atoms with Crippen molar-refractivity contribution in [2.75, 3.05) is 26.3 Å².